The predicted molar refractivity (Wildman–Crippen MR) is 55.9 cm³/mol. The number of carbonyl (C=O) groups is 2. The third-order valence-electron chi connectivity index (χ3n) is 2.92. The second kappa shape index (κ2) is 4.88. The van der Waals surface area contributed by atoms with Gasteiger partial charge >= 0.3 is 24.3 Å². The first-order valence-electron chi connectivity index (χ1n) is 5.36. The van der Waals surface area contributed by atoms with E-state index >= 15 is 0 Å². The fraction of sp³-hybridized carbons (Fsp3) is 0.500. The molecule has 0 fully saturated rings. The van der Waals surface area contributed by atoms with Crippen molar-refractivity contribution >= 4 is 11.9 Å². The zero-order valence-electron chi connectivity index (χ0n) is 10.9. The molecule has 0 unspecified atom stereocenters. The molecule has 0 spiro atoms. The standard InChI is InChI=1S/C10H8F6N2O4/c1-3-4(9(11,12)13)17-18(5(3)10(14,15)16)8(2,6(19)20)7(21)22/h1-2H3,(H,19,20)(H,21,22). The van der Waals surface area contributed by atoms with E-state index in [9.17, 15) is 35.9 Å². The lowest BCUT2D eigenvalue weighted by Crippen LogP contribution is -2.48. The lowest BCUT2D eigenvalue weighted by molar-refractivity contribution is -0.167. The maximum absolute atomic E-state index is 13.0. The largest absolute Gasteiger partial charge is 0.479 e. The minimum atomic E-state index is -5.44. The fourth-order valence-electron chi connectivity index (χ4n) is 1.69. The first-order valence-corrected chi connectivity index (χ1v) is 5.36. The normalized spacial score (nSPS) is 13.3. The fourth-order valence-corrected chi connectivity index (χ4v) is 1.69. The Labute approximate surface area is 117 Å². The van der Waals surface area contributed by atoms with Crippen LogP contribution in [0, 0.1) is 6.92 Å². The van der Waals surface area contributed by atoms with Crippen LogP contribution in [0.5, 0.6) is 0 Å². The molecule has 1 aromatic rings. The zero-order valence-corrected chi connectivity index (χ0v) is 10.9. The Morgan fingerprint density at radius 1 is 1.00 bits per heavy atom. The van der Waals surface area contributed by atoms with Crippen LogP contribution < -0.4 is 0 Å². The van der Waals surface area contributed by atoms with E-state index in [0.29, 0.717) is 13.8 Å². The lowest BCUT2D eigenvalue weighted by atomic mass is 10.0. The topological polar surface area (TPSA) is 92.4 Å². The molecule has 12 heteroatoms. The van der Waals surface area contributed by atoms with E-state index in [4.69, 9.17) is 10.2 Å². The molecule has 0 bridgehead atoms. The summed E-state index contributed by atoms with van der Waals surface area (Å²) >= 11 is 0. The van der Waals surface area contributed by atoms with E-state index in [2.05, 4.69) is 5.10 Å². The first-order chi connectivity index (χ1) is 9.65. The average molecular weight is 334 g/mol. The molecule has 1 rings (SSSR count). The molecular weight excluding hydrogens is 326 g/mol. The maximum atomic E-state index is 13.0. The predicted octanol–water partition coefficient (Wildman–Crippen LogP) is 2.11. The van der Waals surface area contributed by atoms with Gasteiger partial charge in [0, 0.05) is 5.56 Å². The second-order valence-corrected chi connectivity index (χ2v) is 4.41. The van der Waals surface area contributed by atoms with Crippen molar-refractivity contribution in [2.75, 3.05) is 0 Å². The van der Waals surface area contributed by atoms with Crippen LogP contribution in [0.3, 0.4) is 0 Å². The molecule has 1 aromatic heterocycles. The Kier molecular flexibility index (Phi) is 3.95. The van der Waals surface area contributed by atoms with Gasteiger partial charge in [-0.2, -0.15) is 31.4 Å². The van der Waals surface area contributed by atoms with Crippen LogP contribution in [0.15, 0.2) is 0 Å². The van der Waals surface area contributed by atoms with Crippen molar-refractivity contribution in [2.45, 2.75) is 31.7 Å². The molecule has 0 amide bonds. The Morgan fingerprint density at radius 3 is 1.68 bits per heavy atom. The summed E-state index contributed by atoms with van der Waals surface area (Å²) in [5, 5.41) is 20.3. The van der Waals surface area contributed by atoms with E-state index in [1.54, 1.807) is 0 Å². The van der Waals surface area contributed by atoms with Gasteiger partial charge < -0.3 is 10.2 Å². The summed E-state index contributed by atoms with van der Waals surface area (Å²) in [5.74, 6) is -4.61. The van der Waals surface area contributed by atoms with Gasteiger partial charge in [0.1, 0.15) is 5.69 Å². The molecule has 2 N–H and O–H groups in total. The number of hydrogen-bond acceptors (Lipinski definition) is 3. The molecule has 0 saturated carbocycles. The van der Waals surface area contributed by atoms with Crippen molar-refractivity contribution in [1.82, 2.24) is 9.78 Å². The molecule has 0 aliphatic rings. The van der Waals surface area contributed by atoms with Crippen molar-refractivity contribution in [1.29, 1.82) is 0 Å². The number of carboxylic acids is 2. The number of alkyl halides is 6. The van der Waals surface area contributed by atoms with Crippen LogP contribution in [0.25, 0.3) is 0 Å². The third-order valence-corrected chi connectivity index (χ3v) is 2.92. The number of carboxylic acid groups (broad SMARTS) is 2. The summed E-state index contributed by atoms with van der Waals surface area (Å²) in [5.41, 5.74) is -8.87. The summed E-state index contributed by atoms with van der Waals surface area (Å²) in [4.78, 5) is 22.0. The molecule has 124 valence electrons. The Balaban J connectivity index is 3.89. The molecule has 0 atom stereocenters. The van der Waals surface area contributed by atoms with Gasteiger partial charge in [-0.3, -0.25) is 0 Å². The molecule has 0 aliphatic heterocycles. The van der Waals surface area contributed by atoms with Crippen LogP contribution in [0.2, 0.25) is 0 Å². The molecule has 1 heterocycles. The highest BCUT2D eigenvalue weighted by Gasteiger charge is 2.53. The summed E-state index contributed by atoms with van der Waals surface area (Å²) in [6, 6.07) is 0. The highest BCUT2D eigenvalue weighted by atomic mass is 19.4. The van der Waals surface area contributed by atoms with E-state index in [0.717, 1.165) is 0 Å². The summed E-state index contributed by atoms with van der Waals surface area (Å²) < 4.78 is 76.2. The highest BCUT2D eigenvalue weighted by Crippen LogP contribution is 2.41. The van der Waals surface area contributed by atoms with Crippen LogP contribution in [0.1, 0.15) is 23.9 Å². The smallest absolute Gasteiger partial charge is 0.435 e. The van der Waals surface area contributed by atoms with Crippen LogP contribution in [0.4, 0.5) is 26.3 Å². The van der Waals surface area contributed by atoms with Gasteiger partial charge in [0.05, 0.1) is 0 Å². The summed E-state index contributed by atoms with van der Waals surface area (Å²) in [7, 11) is 0. The lowest BCUT2D eigenvalue weighted by Gasteiger charge is -2.23. The van der Waals surface area contributed by atoms with E-state index in [-0.39, 0.29) is 0 Å². The SMILES string of the molecule is Cc1c(C(F)(F)F)nn(C(C)(C(=O)O)C(=O)O)c1C(F)(F)F. The molecule has 0 aliphatic carbocycles. The molecule has 0 saturated heterocycles. The third kappa shape index (κ3) is 2.60. The van der Waals surface area contributed by atoms with Gasteiger partial charge in [-0.15, -0.1) is 0 Å². The van der Waals surface area contributed by atoms with E-state index < -0.39 is 51.5 Å². The maximum Gasteiger partial charge on any atom is 0.435 e. The number of aliphatic carboxylic acids is 2. The van der Waals surface area contributed by atoms with Crippen molar-refractivity contribution < 1.29 is 46.1 Å². The number of aromatic nitrogens is 2. The van der Waals surface area contributed by atoms with Crippen molar-refractivity contribution in [3.63, 3.8) is 0 Å². The number of nitrogens with zero attached hydrogens (tertiary/aromatic N) is 2. The minimum absolute atomic E-state index is 0.305. The summed E-state index contributed by atoms with van der Waals surface area (Å²) in [6.45, 7) is 0.735. The number of hydrogen-bond donors (Lipinski definition) is 2. The van der Waals surface area contributed by atoms with E-state index in [1.807, 2.05) is 0 Å². The van der Waals surface area contributed by atoms with E-state index in [1.165, 1.54) is 0 Å². The van der Waals surface area contributed by atoms with Gasteiger partial charge in [-0.05, 0) is 13.8 Å². The zero-order chi connectivity index (χ0) is 17.7. The van der Waals surface area contributed by atoms with Crippen molar-refractivity contribution in [2.24, 2.45) is 0 Å². The molecular formula is C10H8F6N2O4. The van der Waals surface area contributed by atoms with Crippen LogP contribution in [-0.2, 0) is 27.5 Å². The Morgan fingerprint density at radius 2 is 1.41 bits per heavy atom. The van der Waals surface area contributed by atoms with Gasteiger partial charge in [-0.1, -0.05) is 0 Å². The summed E-state index contributed by atoms with van der Waals surface area (Å²) in [6.07, 6.45) is -10.8. The Hall–Kier alpha value is -2.27. The van der Waals surface area contributed by atoms with Crippen molar-refractivity contribution in [3.8, 4) is 0 Å². The average Bonchev–Trinajstić information content (AvgIpc) is 2.64. The second-order valence-electron chi connectivity index (χ2n) is 4.41. The molecule has 6 nitrogen and oxygen atoms in total. The molecule has 0 radical (unpaired) electrons. The van der Waals surface area contributed by atoms with Gasteiger partial charge in [-0.25, -0.2) is 14.3 Å². The molecule has 0 aromatic carbocycles. The monoisotopic (exact) mass is 334 g/mol. The van der Waals surface area contributed by atoms with Gasteiger partial charge in [0.2, 0.25) is 0 Å². The van der Waals surface area contributed by atoms with Gasteiger partial charge in [0.15, 0.2) is 5.69 Å². The highest BCUT2D eigenvalue weighted by molar-refractivity contribution is 6.00. The van der Waals surface area contributed by atoms with Crippen molar-refractivity contribution in [3.05, 3.63) is 17.0 Å². The number of halogens is 6. The first kappa shape index (κ1) is 17.8. The number of rotatable bonds is 3. The quantitative estimate of drug-likeness (QED) is 0.652. The molecule has 22 heavy (non-hydrogen) atoms. The Bertz CT molecular complexity index is 617. The van der Waals surface area contributed by atoms with Crippen LogP contribution in [-0.4, -0.2) is 31.9 Å². The minimum Gasteiger partial charge on any atom is -0.479 e. The van der Waals surface area contributed by atoms with Crippen LogP contribution >= 0.6 is 0 Å². The van der Waals surface area contributed by atoms with Gasteiger partial charge in [0.25, 0.3) is 5.54 Å².